The Morgan fingerprint density at radius 3 is 1.85 bits per heavy atom. The van der Waals surface area contributed by atoms with Crippen LogP contribution in [0.4, 0.5) is 0 Å². The fraction of sp³-hybridized carbons (Fsp3) is 0. The van der Waals surface area contributed by atoms with E-state index in [1.165, 1.54) is 49.2 Å². The van der Waals surface area contributed by atoms with Crippen LogP contribution >= 0.6 is 0 Å². The largest absolute Gasteiger partial charge is 0.309 e. The Morgan fingerprint density at radius 2 is 1.06 bits per heavy atom. The second-order valence-corrected chi connectivity index (χ2v) is 12.5. The van der Waals surface area contributed by atoms with Crippen LogP contribution < -0.4 is 0 Å². The number of hydrogen-bond donors (Lipinski definition) is 0. The van der Waals surface area contributed by atoms with Gasteiger partial charge in [0, 0.05) is 38.2 Å². The van der Waals surface area contributed by atoms with Gasteiger partial charge in [0.25, 0.3) is 0 Å². The maximum atomic E-state index is 9.63. The summed E-state index contributed by atoms with van der Waals surface area (Å²) in [5, 5.41) is 19.1. The highest BCUT2D eigenvalue weighted by molar-refractivity contribution is 6.17. The number of fused-ring (bicyclic) bond motifs is 9. The molecular formula is C45H27N3. The Kier molecular flexibility index (Phi) is 5.64. The Labute approximate surface area is 276 Å². The van der Waals surface area contributed by atoms with E-state index in [9.17, 15) is 5.26 Å². The monoisotopic (exact) mass is 609 g/mol. The topological polar surface area (TPSA) is 33.6 Å². The third-order valence-corrected chi connectivity index (χ3v) is 9.90. The Hall–Kier alpha value is -6.63. The number of hydrogen-bond acceptors (Lipinski definition) is 1. The van der Waals surface area contributed by atoms with Crippen LogP contribution in [0.1, 0.15) is 5.56 Å². The molecule has 0 spiro atoms. The lowest BCUT2D eigenvalue weighted by Crippen LogP contribution is -1.97. The molecule has 2 aromatic heterocycles. The van der Waals surface area contributed by atoms with Gasteiger partial charge in [-0.2, -0.15) is 5.26 Å². The van der Waals surface area contributed by atoms with Gasteiger partial charge < -0.3 is 9.13 Å². The molecule has 48 heavy (non-hydrogen) atoms. The van der Waals surface area contributed by atoms with E-state index in [2.05, 4.69) is 167 Å². The number of aromatic nitrogens is 2. The van der Waals surface area contributed by atoms with Gasteiger partial charge in [-0.3, -0.25) is 0 Å². The highest BCUT2D eigenvalue weighted by atomic mass is 15.0. The van der Waals surface area contributed by atoms with Gasteiger partial charge in [0.1, 0.15) is 0 Å². The molecule has 0 atom stereocenters. The third-order valence-electron chi connectivity index (χ3n) is 9.90. The summed E-state index contributed by atoms with van der Waals surface area (Å²) in [7, 11) is 0. The van der Waals surface area contributed by atoms with E-state index < -0.39 is 0 Å². The molecule has 3 heteroatoms. The highest BCUT2D eigenvalue weighted by Crippen LogP contribution is 2.42. The van der Waals surface area contributed by atoms with Crippen molar-refractivity contribution < 1.29 is 0 Å². The first-order valence-corrected chi connectivity index (χ1v) is 16.3. The molecule has 0 aliphatic heterocycles. The molecule has 0 N–H and O–H groups in total. The molecule has 0 fully saturated rings. The summed E-state index contributed by atoms with van der Waals surface area (Å²) >= 11 is 0. The van der Waals surface area contributed by atoms with Crippen molar-refractivity contribution in [1.29, 1.82) is 5.26 Å². The Morgan fingerprint density at radius 1 is 0.417 bits per heavy atom. The van der Waals surface area contributed by atoms with Crippen molar-refractivity contribution in [3.05, 3.63) is 169 Å². The first-order chi connectivity index (χ1) is 23.8. The Bertz CT molecular complexity index is 2950. The van der Waals surface area contributed by atoms with Crippen LogP contribution in [0.15, 0.2) is 164 Å². The van der Waals surface area contributed by atoms with E-state index >= 15 is 0 Å². The second-order valence-electron chi connectivity index (χ2n) is 12.5. The van der Waals surface area contributed by atoms with Crippen molar-refractivity contribution in [2.75, 3.05) is 0 Å². The van der Waals surface area contributed by atoms with Gasteiger partial charge in [-0.25, -0.2) is 0 Å². The summed E-state index contributed by atoms with van der Waals surface area (Å²) in [6.45, 7) is 0. The quantitative estimate of drug-likeness (QED) is 0.183. The minimum absolute atomic E-state index is 0.672. The zero-order valence-corrected chi connectivity index (χ0v) is 25.9. The van der Waals surface area contributed by atoms with E-state index in [0.717, 1.165) is 38.4 Å². The van der Waals surface area contributed by atoms with E-state index in [-0.39, 0.29) is 0 Å². The van der Waals surface area contributed by atoms with Crippen molar-refractivity contribution in [3.63, 3.8) is 0 Å². The van der Waals surface area contributed by atoms with Crippen LogP contribution in [0.25, 0.3) is 87.7 Å². The molecule has 0 saturated carbocycles. The first-order valence-electron chi connectivity index (χ1n) is 16.3. The van der Waals surface area contributed by atoms with E-state index in [1.807, 2.05) is 12.1 Å². The molecule has 0 aliphatic rings. The van der Waals surface area contributed by atoms with Gasteiger partial charge in [-0.15, -0.1) is 0 Å². The van der Waals surface area contributed by atoms with Gasteiger partial charge >= 0.3 is 0 Å². The van der Waals surface area contributed by atoms with E-state index in [4.69, 9.17) is 0 Å². The lowest BCUT2D eigenvalue weighted by Gasteiger charge is -2.15. The van der Waals surface area contributed by atoms with Crippen LogP contribution in [0.5, 0.6) is 0 Å². The lowest BCUT2D eigenvalue weighted by molar-refractivity contribution is 1.18. The summed E-state index contributed by atoms with van der Waals surface area (Å²) in [5.41, 5.74) is 10.1. The van der Waals surface area contributed by atoms with Crippen molar-refractivity contribution in [3.8, 4) is 28.6 Å². The molecule has 8 aromatic carbocycles. The van der Waals surface area contributed by atoms with Crippen molar-refractivity contribution in [1.82, 2.24) is 9.13 Å². The second kappa shape index (κ2) is 10.2. The number of rotatable bonds is 3. The zero-order chi connectivity index (χ0) is 31.8. The van der Waals surface area contributed by atoms with Gasteiger partial charge in [0.15, 0.2) is 0 Å². The zero-order valence-electron chi connectivity index (χ0n) is 25.9. The number of nitrogens with zero attached hydrogens (tertiary/aromatic N) is 3. The summed E-state index contributed by atoms with van der Waals surface area (Å²) in [5.74, 6) is 0. The van der Waals surface area contributed by atoms with Crippen LogP contribution in [0.2, 0.25) is 0 Å². The number of para-hydroxylation sites is 4. The summed E-state index contributed by atoms with van der Waals surface area (Å²) in [6.07, 6.45) is 0. The average Bonchev–Trinajstić information content (AvgIpc) is 3.67. The maximum Gasteiger partial charge on any atom is 0.0991 e. The molecule has 0 radical (unpaired) electrons. The number of benzene rings is 8. The predicted octanol–water partition coefficient (Wildman–Crippen LogP) is 11.7. The molecule has 10 aromatic rings. The van der Waals surface area contributed by atoms with E-state index in [0.29, 0.717) is 5.56 Å². The van der Waals surface area contributed by atoms with Gasteiger partial charge in [-0.05, 0) is 76.3 Å². The smallest absolute Gasteiger partial charge is 0.0991 e. The highest BCUT2D eigenvalue weighted by Gasteiger charge is 2.19. The third kappa shape index (κ3) is 3.75. The predicted molar refractivity (Wildman–Crippen MR) is 200 cm³/mol. The molecule has 0 aliphatic carbocycles. The molecule has 0 bridgehead atoms. The van der Waals surface area contributed by atoms with Crippen molar-refractivity contribution in [2.45, 2.75) is 0 Å². The van der Waals surface area contributed by atoms with Gasteiger partial charge in [-0.1, -0.05) is 109 Å². The molecule has 222 valence electrons. The normalized spacial score (nSPS) is 11.7. The first kappa shape index (κ1) is 26.6. The molecule has 0 saturated heterocycles. The minimum Gasteiger partial charge on any atom is -0.309 e. The molecular weight excluding hydrogens is 583 g/mol. The standard InChI is InChI=1S/C45H27N3/c46-28-29-21-22-31-27-44(35-14-5-4-13-34(35)39(31)25-29)48-42-20-9-7-16-37(42)40-26-30(23-24-43(40)48)33-17-10-18-38-36-15-6-8-19-41(36)47(45(33)38)32-11-2-1-3-12-32/h1-27H. The maximum absolute atomic E-state index is 9.63. The van der Waals surface area contributed by atoms with Gasteiger partial charge in [0.2, 0.25) is 0 Å². The fourth-order valence-electron chi connectivity index (χ4n) is 7.83. The SMILES string of the molecule is N#Cc1ccc2cc(-n3c4ccccc4c4cc(-c5cccc6c7ccccc7n(-c7ccccc7)c56)ccc43)c3ccccc3c2c1. The van der Waals surface area contributed by atoms with Crippen LogP contribution in [-0.2, 0) is 0 Å². The number of nitriles is 1. The fourth-order valence-corrected chi connectivity index (χ4v) is 7.83. The van der Waals surface area contributed by atoms with Gasteiger partial charge in [0.05, 0.1) is 39.4 Å². The molecule has 0 unspecified atom stereocenters. The van der Waals surface area contributed by atoms with E-state index in [1.54, 1.807) is 0 Å². The average molecular weight is 610 g/mol. The summed E-state index contributed by atoms with van der Waals surface area (Å²) in [6, 6.07) is 60.9. The minimum atomic E-state index is 0.672. The molecule has 3 nitrogen and oxygen atoms in total. The van der Waals surface area contributed by atoms with Crippen LogP contribution in [-0.4, -0.2) is 9.13 Å². The molecule has 10 rings (SSSR count). The summed E-state index contributed by atoms with van der Waals surface area (Å²) in [4.78, 5) is 0. The summed E-state index contributed by atoms with van der Waals surface area (Å²) < 4.78 is 4.82. The molecule has 2 heterocycles. The van der Waals surface area contributed by atoms with Crippen LogP contribution in [0, 0.1) is 11.3 Å². The van der Waals surface area contributed by atoms with Crippen LogP contribution in [0.3, 0.4) is 0 Å². The lowest BCUT2D eigenvalue weighted by atomic mass is 9.98. The van der Waals surface area contributed by atoms with Crippen molar-refractivity contribution >= 4 is 65.2 Å². The van der Waals surface area contributed by atoms with Crippen molar-refractivity contribution in [2.24, 2.45) is 0 Å². The molecule has 0 amide bonds. The Balaban J connectivity index is 1.27.